The Labute approximate surface area is 129 Å². The van der Waals surface area contributed by atoms with Crippen molar-refractivity contribution >= 4 is 5.69 Å². The minimum atomic E-state index is 0.598. The zero-order valence-corrected chi connectivity index (χ0v) is 13.9. The van der Waals surface area contributed by atoms with Crippen LogP contribution < -0.4 is 10.1 Å². The van der Waals surface area contributed by atoms with Crippen LogP contribution in [0.2, 0.25) is 0 Å². The number of hydrogen-bond donors (Lipinski definition) is 1. The lowest BCUT2D eigenvalue weighted by Crippen LogP contribution is -2.30. The molecule has 2 atom stereocenters. The molecule has 2 rings (SSSR count). The van der Waals surface area contributed by atoms with Crippen LogP contribution in [0.25, 0.3) is 0 Å². The Kier molecular flexibility index (Phi) is 5.92. The van der Waals surface area contributed by atoms with E-state index in [9.17, 15) is 0 Å². The van der Waals surface area contributed by atoms with Crippen molar-refractivity contribution in [2.75, 3.05) is 32.6 Å². The first-order valence-electron chi connectivity index (χ1n) is 8.17. The van der Waals surface area contributed by atoms with Gasteiger partial charge in [-0.15, -0.1) is 0 Å². The molecule has 21 heavy (non-hydrogen) atoms. The summed E-state index contributed by atoms with van der Waals surface area (Å²) in [6, 6.07) is 8.97. The molecule has 0 radical (unpaired) electrons. The molecule has 0 saturated heterocycles. The predicted octanol–water partition coefficient (Wildman–Crippen LogP) is 3.86. The number of hydrogen-bond acceptors (Lipinski definition) is 3. The van der Waals surface area contributed by atoms with Crippen LogP contribution in [-0.2, 0) is 0 Å². The summed E-state index contributed by atoms with van der Waals surface area (Å²) in [6.07, 6.45) is 3.91. The zero-order valence-electron chi connectivity index (χ0n) is 13.9. The zero-order chi connectivity index (χ0) is 15.2. The Balaban J connectivity index is 1.88. The molecule has 0 amide bonds. The van der Waals surface area contributed by atoms with E-state index in [0.29, 0.717) is 6.04 Å². The average Bonchev–Trinajstić information content (AvgIpc) is 2.37. The highest BCUT2D eigenvalue weighted by molar-refractivity contribution is 5.49. The normalized spacial score (nSPS) is 25.9. The van der Waals surface area contributed by atoms with Gasteiger partial charge in [0.15, 0.2) is 0 Å². The molecule has 1 aliphatic rings. The molecular formula is C18H30N2O. The minimum absolute atomic E-state index is 0.598. The molecular weight excluding hydrogens is 260 g/mol. The fraction of sp³-hybridized carbons (Fsp3) is 0.667. The van der Waals surface area contributed by atoms with Crippen molar-refractivity contribution in [1.82, 2.24) is 4.90 Å². The summed E-state index contributed by atoms with van der Waals surface area (Å²) in [4.78, 5) is 2.13. The van der Waals surface area contributed by atoms with Gasteiger partial charge in [0.1, 0.15) is 12.4 Å². The Morgan fingerprint density at radius 1 is 1.14 bits per heavy atom. The standard InChI is InChI=1S/C18H30N2O/c1-14-10-15(2)12-17(11-14)19-16-6-5-7-18(13-16)21-9-8-20(3)4/h5-7,13-15,17,19H,8-12H2,1-4H3. The fourth-order valence-corrected chi connectivity index (χ4v) is 3.32. The van der Waals surface area contributed by atoms with Crippen molar-refractivity contribution in [2.45, 2.75) is 39.2 Å². The fourth-order valence-electron chi connectivity index (χ4n) is 3.32. The van der Waals surface area contributed by atoms with Gasteiger partial charge in [-0.25, -0.2) is 0 Å². The predicted molar refractivity (Wildman–Crippen MR) is 90.1 cm³/mol. The van der Waals surface area contributed by atoms with Crippen LogP contribution in [0.1, 0.15) is 33.1 Å². The largest absolute Gasteiger partial charge is 0.492 e. The maximum Gasteiger partial charge on any atom is 0.121 e. The highest BCUT2D eigenvalue weighted by Gasteiger charge is 2.23. The molecule has 0 bridgehead atoms. The molecule has 0 aromatic heterocycles. The van der Waals surface area contributed by atoms with Gasteiger partial charge in [0.25, 0.3) is 0 Å². The topological polar surface area (TPSA) is 24.5 Å². The summed E-state index contributed by atoms with van der Waals surface area (Å²) in [6.45, 7) is 6.40. The average molecular weight is 290 g/mol. The molecule has 0 spiro atoms. The van der Waals surface area contributed by atoms with Gasteiger partial charge >= 0.3 is 0 Å². The molecule has 2 unspecified atom stereocenters. The lowest BCUT2D eigenvalue weighted by Gasteiger charge is -2.32. The van der Waals surface area contributed by atoms with Gasteiger partial charge in [0.2, 0.25) is 0 Å². The number of nitrogens with one attached hydrogen (secondary N) is 1. The summed E-state index contributed by atoms with van der Waals surface area (Å²) >= 11 is 0. The van der Waals surface area contributed by atoms with Gasteiger partial charge in [0, 0.05) is 24.3 Å². The number of ether oxygens (including phenoxy) is 1. The third-order valence-corrected chi connectivity index (χ3v) is 4.19. The van der Waals surface area contributed by atoms with E-state index in [1.165, 1.54) is 24.9 Å². The van der Waals surface area contributed by atoms with E-state index in [-0.39, 0.29) is 0 Å². The third-order valence-electron chi connectivity index (χ3n) is 4.19. The Morgan fingerprint density at radius 2 is 1.86 bits per heavy atom. The Hall–Kier alpha value is -1.22. The summed E-state index contributed by atoms with van der Waals surface area (Å²) in [7, 11) is 4.12. The summed E-state index contributed by atoms with van der Waals surface area (Å²) < 4.78 is 5.81. The Morgan fingerprint density at radius 3 is 2.52 bits per heavy atom. The second kappa shape index (κ2) is 7.69. The maximum absolute atomic E-state index is 5.81. The van der Waals surface area contributed by atoms with Crippen molar-refractivity contribution in [1.29, 1.82) is 0 Å². The molecule has 1 N–H and O–H groups in total. The minimum Gasteiger partial charge on any atom is -0.492 e. The van der Waals surface area contributed by atoms with E-state index >= 15 is 0 Å². The molecule has 0 aliphatic heterocycles. The van der Waals surface area contributed by atoms with Crippen molar-refractivity contribution in [3.05, 3.63) is 24.3 Å². The lowest BCUT2D eigenvalue weighted by atomic mass is 9.80. The number of rotatable bonds is 6. The van der Waals surface area contributed by atoms with Crippen molar-refractivity contribution in [2.24, 2.45) is 11.8 Å². The van der Waals surface area contributed by atoms with Crippen LogP contribution in [0.5, 0.6) is 5.75 Å². The number of likely N-dealkylation sites (N-methyl/N-ethyl adjacent to an activating group) is 1. The van der Waals surface area contributed by atoms with E-state index in [1.54, 1.807) is 0 Å². The molecule has 1 aliphatic carbocycles. The Bertz CT molecular complexity index is 423. The molecule has 1 saturated carbocycles. The van der Waals surface area contributed by atoms with Gasteiger partial charge in [-0.2, -0.15) is 0 Å². The van der Waals surface area contributed by atoms with E-state index in [1.807, 2.05) is 6.07 Å². The van der Waals surface area contributed by atoms with Crippen LogP contribution in [0.15, 0.2) is 24.3 Å². The van der Waals surface area contributed by atoms with Crippen LogP contribution in [0, 0.1) is 11.8 Å². The maximum atomic E-state index is 5.81. The quantitative estimate of drug-likeness (QED) is 0.861. The van der Waals surface area contributed by atoms with Gasteiger partial charge in [-0.3, -0.25) is 0 Å². The van der Waals surface area contributed by atoms with Crippen molar-refractivity contribution in [3.8, 4) is 5.75 Å². The van der Waals surface area contributed by atoms with Gasteiger partial charge in [0.05, 0.1) is 0 Å². The van der Waals surface area contributed by atoms with E-state index < -0.39 is 0 Å². The van der Waals surface area contributed by atoms with Crippen LogP contribution in [-0.4, -0.2) is 38.2 Å². The van der Waals surface area contributed by atoms with E-state index in [2.05, 4.69) is 56.4 Å². The molecule has 1 fully saturated rings. The smallest absolute Gasteiger partial charge is 0.121 e. The van der Waals surface area contributed by atoms with Gasteiger partial charge in [-0.05, 0) is 57.3 Å². The van der Waals surface area contributed by atoms with Gasteiger partial charge in [-0.1, -0.05) is 19.9 Å². The number of benzene rings is 1. The SMILES string of the molecule is CC1CC(C)CC(Nc2cccc(OCCN(C)C)c2)C1. The molecule has 3 nitrogen and oxygen atoms in total. The summed E-state index contributed by atoms with van der Waals surface area (Å²) in [5.41, 5.74) is 1.18. The first-order valence-corrected chi connectivity index (χ1v) is 8.17. The lowest BCUT2D eigenvalue weighted by molar-refractivity contribution is 0.261. The van der Waals surface area contributed by atoms with Crippen LogP contribution in [0.4, 0.5) is 5.69 Å². The first kappa shape index (κ1) is 16.2. The van der Waals surface area contributed by atoms with Gasteiger partial charge < -0.3 is 15.0 Å². The van der Waals surface area contributed by atoms with Crippen LogP contribution >= 0.6 is 0 Å². The highest BCUT2D eigenvalue weighted by Crippen LogP contribution is 2.31. The second-order valence-corrected chi connectivity index (χ2v) is 6.94. The highest BCUT2D eigenvalue weighted by atomic mass is 16.5. The molecule has 118 valence electrons. The first-order chi connectivity index (χ1) is 10.0. The van der Waals surface area contributed by atoms with Crippen molar-refractivity contribution < 1.29 is 4.74 Å². The van der Waals surface area contributed by atoms with E-state index in [0.717, 1.165) is 30.7 Å². The third kappa shape index (κ3) is 5.58. The number of nitrogens with zero attached hydrogens (tertiary/aromatic N) is 1. The second-order valence-electron chi connectivity index (χ2n) is 6.94. The molecule has 0 heterocycles. The van der Waals surface area contributed by atoms with E-state index in [4.69, 9.17) is 4.74 Å². The molecule has 1 aromatic rings. The summed E-state index contributed by atoms with van der Waals surface area (Å²) in [5.74, 6) is 2.61. The summed E-state index contributed by atoms with van der Waals surface area (Å²) in [5, 5.41) is 3.69. The van der Waals surface area contributed by atoms with Crippen LogP contribution in [0.3, 0.4) is 0 Å². The molecule has 3 heteroatoms. The molecule has 1 aromatic carbocycles. The number of anilines is 1. The monoisotopic (exact) mass is 290 g/mol. The van der Waals surface area contributed by atoms with Crippen molar-refractivity contribution in [3.63, 3.8) is 0 Å².